The molecule has 3 rings (SSSR count). The average molecular weight is 292 g/mol. The number of halogens is 1. The number of fused-ring (bicyclic) bond motifs is 1. The number of nitrogens with one attached hydrogen (secondary N) is 1. The fourth-order valence-corrected chi connectivity index (χ4v) is 4.13. The van der Waals surface area contributed by atoms with E-state index in [1.54, 1.807) is 0 Å². The highest BCUT2D eigenvalue weighted by molar-refractivity contribution is 6.21. The van der Waals surface area contributed by atoms with Gasteiger partial charge in [-0.2, -0.15) is 0 Å². The Morgan fingerprint density at radius 3 is 2.75 bits per heavy atom. The molecule has 20 heavy (non-hydrogen) atoms. The molecule has 0 bridgehead atoms. The summed E-state index contributed by atoms with van der Waals surface area (Å²) in [7, 11) is 0. The molecule has 1 aliphatic heterocycles. The van der Waals surface area contributed by atoms with Crippen LogP contribution >= 0.6 is 11.6 Å². The summed E-state index contributed by atoms with van der Waals surface area (Å²) in [5.41, 5.74) is 2.72. The molecule has 1 aliphatic carbocycles. The van der Waals surface area contributed by atoms with Crippen LogP contribution in [0.2, 0.25) is 0 Å². The molecule has 1 heterocycles. The second-order valence-corrected chi connectivity index (χ2v) is 7.33. The molecular weight excluding hydrogens is 270 g/mol. The minimum atomic E-state index is -0.455. The molecule has 1 fully saturated rings. The summed E-state index contributed by atoms with van der Waals surface area (Å²) in [6, 6.07) is 6.21. The molecule has 2 aliphatic rings. The molecule has 1 N–H and O–H groups in total. The van der Waals surface area contributed by atoms with Crippen molar-refractivity contribution in [2.75, 3.05) is 5.32 Å². The van der Waals surface area contributed by atoms with Crippen LogP contribution < -0.4 is 5.32 Å². The van der Waals surface area contributed by atoms with Gasteiger partial charge in [-0.05, 0) is 49.3 Å². The Labute approximate surface area is 125 Å². The van der Waals surface area contributed by atoms with Gasteiger partial charge in [0.25, 0.3) is 0 Å². The number of alkyl halides is 1. The van der Waals surface area contributed by atoms with E-state index in [-0.39, 0.29) is 11.3 Å². The van der Waals surface area contributed by atoms with Crippen molar-refractivity contribution in [1.82, 2.24) is 0 Å². The number of hydrogen-bond acceptors (Lipinski definition) is 1. The van der Waals surface area contributed by atoms with Crippen molar-refractivity contribution >= 4 is 23.2 Å². The zero-order chi connectivity index (χ0) is 14.5. The minimum Gasteiger partial charge on any atom is -0.325 e. The molecule has 1 aromatic rings. The highest BCUT2D eigenvalue weighted by Gasteiger charge is 2.39. The topological polar surface area (TPSA) is 29.1 Å². The van der Waals surface area contributed by atoms with Gasteiger partial charge in [-0.3, -0.25) is 4.79 Å². The van der Waals surface area contributed by atoms with Crippen LogP contribution in [-0.4, -0.2) is 5.91 Å². The lowest BCUT2D eigenvalue weighted by Gasteiger charge is -2.23. The number of amides is 1. The summed E-state index contributed by atoms with van der Waals surface area (Å²) in [6.45, 7) is 6.24. The fourth-order valence-electron chi connectivity index (χ4n) is 3.62. The molecular formula is C17H22ClNO. The number of rotatable bonds is 2. The van der Waals surface area contributed by atoms with Gasteiger partial charge < -0.3 is 5.32 Å². The Bertz CT molecular complexity index is 552. The molecule has 0 spiro atoms. The van der Waals surface area contributed by atoms with Crippen LogP contribution in [-0.2, 0) is 10.2 Å². The zero-order valence-corrected chi connectivity index (χ0v) is 13.1. The quantitative estimate of drug-likeness (QED) is 0.791. The first kappa shape index (κ1) is 13.9. The van der Waals surface area contributed by atoms with Gasteiger partial charge in [0.1, 0.15) is 0 Å². The Morgan fingerprint density at radius 2 is 2.10 bits per heavy atom. The number of anilines is 1. The van der Waals surface area contributed by atoms with Crippen molar-refractivity contribution in [3.05, 3.63) is 29.3 Å². The molecule has 3 heteroatoms. The van der Waals surface area contributed by atoms with Crippen LogP contribution in [0.3, 0.4) is 0 Å². The maximum Gasteiger partial charge on any atom is 0.234 e. The summed E-state index contributed by atoms with van der Waals surface area (Å²) < 4.78 is 0. The van der Waals surface area contributed by atoms with E-state index in [1.165, 1.54) is 19.3 Å². The molecule has 1 amide bonds. The number of carbonyl (C=O) groups excluding carboxylic acids is 1. The number of benzene rings is 1. The van der Waals surface area contributed by atoms with E-state index >= 15 is 0 Å². The van der Waals surface area contributed by atoms with Crippen LogP contribution in [0.5, 0.6) is 0 Å². The third-order valence-corrected chi connectivity index (χ3v) is 5.73. The lowest BCUT2D eigenvalue weighted by molar-refractivity contribution is -0.119. The van der Waals surface area contributed by atoms with Crippen LogP contribution in [0.4, 0.5) is 5.69 Å². The van der Waals surface area contributed by atoms with Crippen molar-refractivity contribution in [1.29, 1.82) is 0 Å². The first-order valence-electron chi connectivity index (χ1n) is 7.51. The van der Waals surface area contributed by atoms with Crippen molar-refractivity contribution in [2.45, 2.75) is 50.8 Å². The molecule has 3 unspecified atom stereocenters. The van der Waals surface area contributed by atoms with Gasteiger partial charge in [-0.1, -0.05) is 31.9 Å². The van der Waals surface area contributed by atoms with Crippen molar-refractivity contribution < 1.29 is 4.79 Å². The summed E-state index contributed by atoms with van der Waals surface area (Å²) >= 11 is 6.73. The van der Waals surface area contributed by atoms with Gasteiger partial charge in [0.05, 0.1) is 10.8 Å². The first-order chi connectivity index (χ1) is 9.41. The first-order valence-corrected chi connectivity index (χ1v) is 7.95. The monoisotopic (exact) mass is 291 g/mol. The Kier molecular flexibility index (Phi) is 3.32. The van der Waals surface area contributed by atoms with Gasteiger partial charge in [0.2, 0.25) is 5.91 Å². The highest BCUT2D eigenvalue weighted by Crippen LogP contribution is 2.46. The zero-order valence-electron chi connectivity index (χ0n) is 12.4. The predicted molar refractivity (Wildman–Crippen MR) is 83.2 cm³/mol. The predicted octanol–water partition coefficient (Wildman–Crippen LogP) is 4.63. The van der Waals surface area contributed by atoms with Crippen LogP contribution in [0.1, 0.15) is 56.5 Å². The van der Waals surface area contributed by atoms with Gasteiger partial charge in [-0.25, -0.2) is 0 Å². The van der Waals surface area contributed by atoms with Gasteiger partial charge in [-0.15, -0.1) is 11.6 Å². The standard InChI is InChI=1S/C17H22ClNO/c1-10-5-4-6-12(10)15(18)11-7-8-14-13(9-11)17(2,3)16(20)19-14/h7-10,12,15H,4-6H2,1-3H3,(H,19,20). The van der Waals surface area contributed by atoms with Crippen molar-refractivity contribution in [2.24, 2.45) is 11.8 Å². The normalized spacial score (nSPS) is 29.1. The highest BCUT2D eigenvalue weighted by atomic mass is 35.5. The fraction of sp³-hybridized carbons (Fsp3) is 0.588. The molecule has 1 saturated carbocycles. The largest absolute Gasteiger partial charge is 0.325 e. The van der Waals surface area contributed by atoms with Crippen LogP contribution in [0, 0.1) is 11.8 Å². The average Bonchev–Trinajstić information content (AvgIpc) is 2.92. The van der Waals surface area contributed by atoms with Gasteiger partial charge in [0.15, 0.2) is 0 Å². The number of hydrogen-bond donors (Lipinski definition) is 1. The third kappa shape index (κ3) is 2.05. The smallest absolute Gasteiger partial charge is 0.234 e. The van der Waals surface area contributed by atoms with E-state index in [0.29, 0.717) is 11.8 Å². The molecule has 2 nitrogen and oxygen atoms in total. The second-order valence-electron chi connectivity index (χ2n) is 6.86. The summed E-state index contributed by atoms with van der Waals surface area (Å²) in [4.78, 5) is 12.0. The maximum absolute atomic E-state index is 12.0. The van der Waals surface area contributed by atoms with E-state index in [4.69, 9.17) is 11.6 Å². The van der Waals surface area contributed by atoms with E-state index in [9.17, 15) is 4.79 Å². The molecule has 0 aromatic heterocycles. The van der Waals surface area contributed by atoms with Gasteiger partial charge >= 0.3 is 0 Å². The van der Waals surface area contributed by atoms with E-state index in [1.807, 2.05) is 19.9 Å². The number of carbonyl (C=O) groups is 1. The second kappa shape index (κ2) is 4.77. The lowest BCUT2D eigenvalue weighted by atomic mass is 9.83. The Balaban J connectivity index is 1.94. The maximum atomic E-state index is 12.0. The lowest BCUT2D eigenvalue weighted by Crippen LogP contribution is -2.27. The van der Waals surface area contributed by atoms with Gasteiger partial charge in [0, 0.05) is 5.69 Å². The Morgan fingerprint density at radius 1 is 1.35 bits per heavy atom. The van der Waals surface area contributed by atoms with E-state index in [0.717, 1.165) is 16.8 Å². The summed E-state index contributed by atoms with van der Waals surface area (Å²) in [5, 5.41) is 3.01. The van der Waals surface area contributed by atoms with Crippen molar-refractivity contribution in [3.8, 4) is 0 Å². The van der Waals surface area contributed by atoms with E-state index < -0.39 is 5.41 Å². The summed E-state index contributed by atoms with van der Waals surface area (Å²) in [5.74, 6) is 1.33. The van der Waals surface area contributed by atoms with Crippen LogP contribution in [0.15, 0.2) is 18.2 Å². The molecule has 1 aromatic carbocycles. The summed E-state index contributed by atoms with van der Waals surface area (Å²) in [6.07, 6.45) is 3.78. The van der Waals surface area contributed by atoms with E-state index in [2.05, 4.69) is 24.4 Å². The molecule has 0 radical (unpaired) electrons. The molecule has 0 saturated heterocycles. The Hall–Kier alpha value is -1.02. The third-order valence-electron chi connectivity index (χ3n) is 5.15. The minimum absolute atomic E-state index is 0.0595. The SMILES string of the molecule is CC1CCCC1C(Cl)c1ccc2c(c1)C(C)(C)C(=O)N2. The van der Waals surface area contributed by atoms with Crippen LogP contribution in [0.25, 0.3) is 0 Å². The molecule has 3 atom stereocenters. The van der Waals surface area contributed by atoms with Crippen molar-refractivity contribution in [3.63, 3.8) is 0 Å². The molecule has 108 valence electrons.